The van der Waals surface area contributed by atoms with Crippen LogP contribution in [0.3, 0.4) is 0 Å². The van der Waals surface area contributed by atoms with E-state index in [-0.39, 0.29) is 24.7 Å². The number of benzene rings is 1. The van der Waals surface area contributed by atoms with Crippen LogP contribution in [0.2, 0.25) is 19.6 Å². The Bertz CT molecular complexity index is 692. The molecule has 0 amide bonds. The molecule has 0 unspecified atom stereocenters. The molecule has 1 aromatic rings. The van der Waals surface area contributed by atoms with E-state index in [9.17, 15) is 8.42 Å². The Kier molecular flexibility index (Phi) is 11.4. The molecule has 0 aromatic heterocycles. The highest BCUT2D eigenvalue weighted by molar-refractivity contribution is 7.89. The molecule has 0 saturated carbocycles. The topological polar surface area (TPSA) is 83.1 Å². The first-order valence-corrected chi connectivity index (χ1v) is 15.1. The summed E-state index contributed by atoms with van der Waals surface area (Å²) < 4.78 is 49.2. The van der Waals surface area contributed by atoms with Crippen LogP contribution in [0.4, 0.5) is 0 Å². The SMILES string of the molecule is CC[C@H](COc1cccc([C@@H](C)NS(=O)(=O)CCCOCOC)c1)O[Si](C)(C)C. The van der Waals surface area contributed by atoms with Crippen LogP contribution in [-0.4, -0.2) is 55.7 Å². The van der Waals surface area contributed by atoms with Gasteiger partial charge >= 0.3 is 0 Å². The van der Waals surface area contributed by atoms with Gasteiger partial charge in [-0.2, -0.15) is 0 Å². The van der Waals surface area contributed by atoms with Gasteiger partial charge in [0.15, 0.2) is 8.32 Å². The highest BCUT2D eigenvalue weighted by atomic mass is 32.2. The van der Waals surface area contributed by atoms with E-state index >= 15 is 0 Å². The van der Waals surface area contributed by atoms with Gasteiger partial charge in [-0.1, -0.05) is 19.1 Å². The summed E-state index contributed by atoms with van der Waals surface area (Å²) in [6.45, 7) is 11.4. The van der Waals surface area contributed by atoms with E-state index in [0.29, 0.717) is 25.4 Å². The Morgan fingerprint density at radius 2 is 1.93 bits per heavy atom. The normalized spacial score (nSPS) is 14.6. The van der Waals surface area contributed by atoms with Gasteiger partial charge in [-0.3, -0.25) is 0 Å². The Labute approximate surface area is 177 Å². The average Bonchev–Trinajstić information content (AvgIpc) is 2.64. The van der Waals surface area contributed by atoms with Gasteiger partial charge in [-0.25, -0.2) is 13.1 Å². The number of rotatable bonds is 15. The van der Waals surface area contributed by atoms with Crippen molar-refractivity contribution in [2.75, 3.05) is 32.9 Å². The minimum Gasteiger partial charge on any atom is -0.491 e. The molecule has 0 aliphatic carbocycles. The van der Waals surface area contributed by atoms with Crippen molar-refractivity contribution in [1.29, 1.82) is 0 Å². The number of ether oxygens (including phenoxy) is 3. The van der Waals surface area contributed by atoms with Crippen LogP contribution in [0.15, 0.2) is 24.3 Å². The molecule has 0 aliphatic heterocycles. The third kappa shape index (κ3) is 11.7. The molecular formula is C20H37NO6SSi. The molecule has 7 nitrogen and oxygen atoms in total. The van der Waals surface area contributed by atoms with E-state index in [4.69, 9.17) is 18.6 Å². The number of sulfonamides is 1. The van der Waals surface area contributed by atoms with E-state index < -0.39 is 18.3 Å². The summed E-state index contributed by atoms with van der Waals surface area (Å²) in [6.07, 6.45) is 1.35. The zero-order valence-corrected chi connectivity index (χ0v) is 20.4. The van der Waals surface area contributed by atoms with Gasteiger partial charge in [-0.05, 0) is 57.1 Å². The summed E-state index contributed by atoms with van der Waals surface area (Å²) >= 11 is 0. The minimum atomic E-state index is -3.41. The molecular weight excluding hydrogens is 410 g/mol. The van der Waals surface area contributed by atoms with Crippen LogP contribution in [0.25, 0.3) is 0 Å². The molecule has 29 heavy (non-hydrogen) atoms. The average molecular weight is 448 g/mol. The zero-order chi connectivity index (χ0) is 21.9. The van der Waals surface area contributed by atoms with Crippen LogP contribution in [0.5, 0.6) is 5.75 Å². The molecule has 0 fully saturated rings. The first-order valence-electron chi connectivity index (χ1n) is 10.0. The maximum absolute atomic E-state index is 12.3. The van der Waals surface area contributed by atoms with Gasteiger partial charge in [0.25, 0.3) is 0 Å². The Hall–Kier alpha value is -0.973. The second-order valence-corrected chi connectivity index (χ2v) is 14.3. The number of methoxy groups -OCH3 is 1. The van der Waals surface area contributed by atoms with Gasteiger partial charge in [0.1, 0.15) is 19.1 Å². The van der Waals surface area contributed by atoms with Crippen molar-refractivity contribution in [3.63, 3.8) is 0 Å². The second-order valence-electron chi connectivity index (χ2n) is 7.97. The summed E-state index contributed by atoms with van der Waals surface area (Å²) in [5.41, 5.74) is 0.848. The second kappa shape index (κ2) is 12.7. The van der Waals surface area contributed by atoms with Crippen molar-refractivity contribution < 1.29 is 27.1 Å². The molecule has 1 aromatic carbocycles. The smallest absolute Gasteiger partial charge is 0.212 e. The van der Waals surface area contributed by atoms with E-state index in [2.05, 4.69) is 31.3 Å². The van der Waals surface area contributed by atoms with Gasteiger partial charge in [0, 0.05) is 13.2 Å². The van der Waals surface area contributed by atoms with Crippen molar-refractivity contribution in [1.82, 2.24) is 4.72 Å². The highest BCUT2D eigenvalue weighted by Gasteiger charge is 2.21. The Balaban J connectivity index is 2.59. The highest BCUT2D eigenvalue weighted by Crippen LogP contribution is 2.21. The van der Waals surface area contributed by atoms with E-state index in [0.717, 1.165) is 12.0 Å². The first kappa shape index (κ1) is 26.1. The molecule has 0 heterocycles. The van der Waals surface area contributed by atoms with Gasteiger partial charge in [0.2, 0.25) is 10.0 Å². The van der Waals surface area contributed by atoms with Gasteiger partial charge in [-0.15, -0.1) is 0 Å². The lowest BCUT2D eigenvalue weighted by Crippen LogP contribution is -2.35. The van der Waals surface area contributed by atoms with Crippen molar-refractivity contribution in [3.8, 4) is 5.75 Å². The Morgan fingerprint density at radius 3 is 2.55 bits per heavy atom. The number of hydrogen-bond donors (Lipinski definition) is 1. The van der Waals surface area contributed by atoms with Crippen LogP contribution < -0.4 is 9.46 Å². The quantitative estimate of drug-likeness (QED) is 0.251. The number of hydrogen-bond acceptors (Lipinski definition) is 6. The van der Waals surface area contributed by atoms with Crippen LogP contribution in [0, 0.1) is 0 Å². The molecule has 0 saturated heterocycles. The lowest BCUT2D eigenvalue weighted by atomic mass is 10.1. The van der Waals surface area contributed by atoms with Crippen LogP contribution in [-0.2, 0) is 23.9 Å². The van der Waals surface area contributed by atoms with E-state index in [1.165, 1.54) is 7.11 Å². The maximum Gasteiger partial charge on any atom is 0.212 e. The molecule has 0 spiro atoms. The summed E-state index contributed by atoms with van der Waals surface area (Å²) in [4.78, 5) is 0. The third-order valence-corrected chi connectivity index (χ3v) is 6.61. The van der Waals surface area contributed by atoms with Gasteiger partial charge < -0.3 is 18.6 Å². The molecule has 168 valence electrons. The summed E-state index contributed by atoms with van der Waals surface area (Å²) in [5, 5.41) is 0. The van der Waals surface area contributed by atoms with Crippen LogP contribution in [0.1, 0.15) is 38.3 Å². The molecule has 1 rings (SSSR count). The zero-order valence-electron chi connectivity index (χ0n) is 18.6. The molecule has 0 bridgehead atoms. The lowest BCUT2D eigenvalue weighted by molar-refractivity contribution is -0.0298. The van der Waals surface area contributed by atoms with E-state index in [1.54, 1.807) is 0 Å². The molecule has 1 N–H and O–H groups in total. The van der Waals surface area contributed by atoms with Gasteiger partial charge in [0.05, 0.1) is 18.5 Å². The minimum absolute atomic E-state index is 0.00343. The van der Waals surface area contributed by atoms with Crippen molar-refractivity contribution in [3.05, 3.63) is 29.8 Å². The summed E-state index contributed by atoms with van der Waals surface area (Å²) in [5.74, 6) is 0.711. The monoisotopic (exact) mass is 447 g/mol. The lowest BCUT2D eigenvalue weighted by Gasteiger charge is -2.25. The summed E-state index contributed by atoms with van der Waals surface area (Å²) in [6, 6.07) is 7.14. The molecule has 0 radical (unpaired) electrons. The Morgan fingerprint density at radius 1 is 1.21 bits per heavy atom. The molecule has 9 heteroatoms. The van der Waals surface area contributed by atoms with Crippen molar-refractivity contribution in [2.24, 2.45) is 0 Å². The van der Waals surface area contributed by atoms with Crippen molar-refractivity contribution >= 4 is 18.3 Å². The first-order chi connectivity index (χ1) is 13.6. The largest absolute Gasteiger partial charge is 0.491 e. The molecule has 2 atom stereocenters. The number of nitrogens with one attached hydrogen (secondary N) is 1. The molecule has 0 aliphatic rings. The predicted octanol–water partition coefficient (Wildman–Crippen LogP) is 3.69. The summed E-state index contributed by atoms with van der Waals surface area (Å²) in [7, 11) is -3.51. The van der Waals surface area contributed by atoms with E-state index in [1.807, 2.05) is 31.2 Å². The standard InChI is InChI=1S/C20H37NO6SSi/c1-7-19(27-29(4,5)6)15-26-20-11-8-10-18(14-20)17(2)21-28(22,23)13-9-12-25-16-24-3/h8,10-11,14,17,19,21H,7,9,12-13,15-16H2,1-6H3/t17-,19-/m1/s1. The fourth-order valence-corrected chi connectivity index (χ4v) is 5.21. The third-order valence-electron chi connectivity index (χ3n) is 4.03. The fraction of sp³-hybridized carbons (Fsp3) is 0.700. The van der Waals surface area contributed by atoms with Crippen molar-refractivity contribution in [2.45, 2.75) is 58.5 Å². The van der Waals surface area contributed by atoms with Crippen LogP contribution >= 0.6 is 0 Å². The predicted molar refractivity (Wildman–Crippen MR) is 118 cm³/mol. The fourth-order valence-electron chi connectivity index (χ4n) is 2.69. The maximum atomic E-state index is 12.3.